The standard InChI is InChI=1S/C15H8BrNS/c16-10-5-6-12-9(7-10)8-14-15(17-12)11-3-1-2-4-13(11)18-14/h1-8H. The van der Waals surface area contributed by atoms with Crippen molar-refractivity contribution in [2.75, 3.05) is 0 Å². The number of nitrogens with zero attached hydrogens (tertiary/aromatic N) is 1. The number of pyridine rings is 1. The van der Waals surface area contributed by atoms with E-state index in [1.165, 1.54) is 20.2 Å². The Kier molecular flexibility index (Phi) is 2.19. The molecule has 0 N–H and O–H groups in total. The summed E-state index contributed by atoms with van der Waals surface area (Å²) in [6.45, 7) is 0. The van der Waals surface area contributed by atoms with Gasteiger partial charge in [-0.25, -0.2) is 4.98 Å². The van der Waals surface area contributed by atoms with Crippen molar-refractivity contribution >= 4 is 58.5 Å². The molecule has 2 aromatic heterocycles. The molecule has 0 atom stereocenters. The summed E-state index contributed by atoms with van der Waals surface area (Å²) in [5, 5.41) is 2.44. The molecule has 3 heteroatoms. The van der Waals surface area contributed by atoms with Crippen LogP contribution < -0.4 is 0 Å². The van der Waals surface area contributed by atoms with Gasteiger partial charge in [-0.05, 0) is 30.3 Å². The topological polar surface area (TPSA) is 12.9 Å². The summed E-state index contributed by atoms with van der Waals surface area (Å²) < 4.78 is 3.65. The summed E-state index contributed by atoms with van der Waals surface area (Å²) in [5.41, 5.74) is 2.17. The lowest BCUT2D eigenvalue weighted by Gasteiger charge is -1.98. The quantitative estimate of drug-likeness (QED) is 0.425. The molecule has 0 amide bonds. The summed E-state index contributed by atoms with van der Waals surface area (Å²) in [6, 6.07) is 16.9. The van der Waals surface area contributed by atoms with Gasteiger partial charge in [0.05, 0.1) is 15.7 Å². The average Bonchev–Trinajstić information content (AvgIpc) is 2.73. The van der Waals surface area contributed by atoms with Crippen LogP contribution in [0.5, 0.6) is 0 Å². The SMILES string of the molecule is Brc1ccc2nc3c(cc2c1)sc1ccccc13. The minimum absolute atomic E-state index is 1.05. The van der Waals surface area contributed by atoms with Crippen LogP contribution in [0.2, 0.25) is 0 Å². The minimum Gasteiger partial charge on any atom is -0.246 e. The van der Waals surface area contributed by atoms with E-state index < -0.39 is 0 Å². The summed E-state index contributed by atoms with van der Waals surface area (Å²) in [6.07, 6.45) is 0. The molecule has 0 aliphatic carbocycles. The van der Waals surface area contributed by atoms with E-state index in [0.29, 0.717) is 0 Å². The molecular weight excluding hydrogens is 306 g/mol. The zero-order valence-corrected chi connectivity index (χ0v) is 11.8. The molecule has 0 saturated carbocycles. The van der Waals surface area contributed by atoms with Crippen LogP contribution in [0.1, 0.15) is 0 Å². The number of fused-ring (bicyclic) bond motifs is 4. The van der Waals surface area contributed by atoms with E-state index in [4.69, 9.17) is 4.98 Å². The maximum Gasteiger partial charge on any atom is 0.0896 e. The molecule has 0 saturated heterocycles. The van der Waals surface area contributed by atoms with Crippen LogP contribution in [0, 0.1) is 0 Å². The minimum atomic E-state index is 1.05. The number of hydrogen-bond donors (Lipinski definition) is 0. The predicted octanol–water partition coefficient (Wildman–Crippen LogP) is 5.37. The first-order valence-electron chi connectivity index (χ1n) is 5.69. The van der Waals surface area contributed by atoms with Crippen molar-refractivity contribution in [1.82, 2.24) is 4.98 Å². The molecule has 18 heavy (non-hydrogen) atoms. The Labute approximate surface area is 116 Å². The van der Waals surface area contributed by atoms with Crippen LogP contribution in [-0.4, -0.2) is 4.98 Å². The van der Waals surface area contributed by atoms with E-state index in [1.807, 2.05) is 6.07 Å². The number of hydrogen-bond acceptors (Lipinski definition) is 2. The number of rotatable bonds is 0. The highest BCUT2D eigenvalue weighted by atomic mass is 79.9. The molecule has 0 radical (unpaired) electrons. The third kappa shape index (κ3) is 1.48. The third-order valence-electron chi connectivity index (χ3n) is 3.10. The zero-order valence-electron chi connectivity index (χ0n) is 9.35. The zero-order chi connectivity index (χ0) is 12.1. The second-order valence-electron chi connectivity index (χ2n) is 4.27. The van der Waals surface area contributed by atoms with Crippen LogP contribution >= 0.6 is 27.3 Å². The molecule has 0 aliphatic heterocycles. The Morgan fingerprint density at radius 2 is 1.83 bits per heavy atom. The molecule has 0 fully saturated rings. The monoisotopic (exact) mass is 313 g/mol. The van der Waals surface area contributed by atoms with E-state index >= 15 is 0 Å². The molecule has 86 valence electrons. The maximum absolute atomic E-state index is 4.80. The normalized spacial score (nSPS) is 11.6. The molecule has 0 bridgehead atoms. The highest BCUT2D eigenvalue weighted by molar-refractivity contribution is 9.10. The Bertz CT molecular complexity index is 895. The molecule has 0 aliphatic rings. The van der Waals surface area contributed by atoms with E-state index in [9.17, 15) is 0 Å². The Morgan fingerprint density at radius 3 is 2.78 bits per heavy atom. The van der Waals surface area contributed by atoms with Crippen LogP contribution in [0.3, 0.4) is 0 Å². The number of aromatic nitrogens is 1. The van der Waals surface area contributed by atoms with Crippen molar-refractivity contribution in [3.8, 4) is 0 Å². The van der Waals surface area contributed by atoms with Crippen LogP contribution in [0.25, 0.3) is 31.2 Å². The second kappa shape index (κ2) is 3.77. The van der Waals surface area contributed by atoms with Crippen molar-refractivity contribution in [3.05, 3.63) is 53.0 Å². The lowest BCUT2D eigenvalue weighted by molar-refractivity contribution is 1.52. The van der Waals surface area contributed by atoms with E-state index in [2.05, 4.69) is 58.4 Å². The highest BCUT2D eigenvalue weighted by Gasteiger charge is 2.07. The first kappa shape index (κ1) is 10.5. The molecule has 4 aromatic rings. The van der Waals surface area contributed by atoms with E-state index in [0.717, 1.165) is 15.5 Å². The van der Waals surface area contributed by atoms with Crippen molar-refractivity contribution in [1.29, 1.82) is 0 Å². The lowest BCUT2D eigenvalue weighted by Crippen LogP contribution is -1.79. The fourth-order valence-corrected chi connectivity index (χ4v) is 3.74. The highest BCUT2D eigenvalue weighted by Crippen LogP contribution is 2.34. The van der Waals surface area contributed by atoms with Gasteiger partial charge in [-0.1, -0.05) is 34.1 Å². The molecule has 4 rings (SSSR count). The fourth-order valence-electron chi connectivity index (χ4n) is 2.27. The van der Waals surface area contributed by atoms with Gasteiger partial charge in [0, 0.05) is 19.9 Å². The summed E-state index contributed by atoms with van der Waals surface area (Å²) in [7, 11) is 0. The predicted molar refractivity (Wildman–Crippen MR) is 82.3 cm³/mol. The summed E-state index contributed by atoms with van der Waals surface area (Å²) >= 11 is 5.31. The maximum atomic E-state index is 4.80. The smallest absolute Gasteiger partial charge is 0.0896 e. The van der Waals surface area contributed by atoms with Gasteiger partial charge in [0.25, 0.3) is 0 Å². The largest absolute Gasteiger partial charge is 0.246 e. The Balaban J connectivity index is 2.23. The number of thiophene rings is 1. The Morgan fingerprint density at radius 1 is 0.944 bits per heavy atom. The fraction of sp³-hybridized carbons (Fsp3) is 0. The van der Waals surface area contributed by atoms with Gasteiger partial charge in [0.2, 0.25) is 0 Å². The van der Waals surface area contributed by atoms with Crippen LogP contribution in [0.4, 0.5) is 0 Å². The van der Waals surface area contributed by atoms with E-state index in [-0.39, 0.29) is 0 Å². The lowest BCUT2D eigenvalue weighted by atomic mass is 10.2. The Hall–Kier alpha value is -1.45. The van der Waals surface area contributed by atoms with Crippen molar-refractivity contribution < 1.29 is 0 Å². The number of halogens is 1. The molecule has 2 heterocycles. The van der Waals surface area contributed by atoms with Gasteiger partial charge in [0.15, 0.2) is 0 Å². The summed E-state index contributed by atoms with van der Waals surface area (Å²) in [5.74, 6) is 0. The van der Waals surface area contributed by atoms with Gasteiger partial charge in [-0.3, -0.25) is 0 Å². The summed E-state index contributed by atoms with van der Waals surface area (Å²) in [4.78, 5) is 4.80. The van der Waals surface area contributed by atoms with Gasteiger partial charge < -0.3 is 0 Å². The van der Waals surface area contributed by atoms with Crippen LogP contribution in [-0.2, 0) is 0 Å². The van der Waals surface area contributed by atoms with E-state index in [1.54, 1.807) is 11.3 Å². The molecular formula is C15H8BrNS. The van der Waals surface area contributed by atoms with Gasteiger partial charge in [-0.15, -0.1) is 11.3 Å². The van der Waals surface area contributed by atoms with Gasteiger partial charge in [-0.2, -0.15) is 0 Å². The molecule has 0 spiro atoms. The second-order valence-corrected chi connectivity index (χ2v) is 6.27. The molecule has 1 nitrogen and oxygen atoms in total. The first-order chi connectivity index (χ1) is 8.81. The third-order valence-corrected chi connectivity index (χ3v) is 4.70. The first-order valence-corrected chi connectivity index (χ1v) is 7.30. The van der Waals surface area contributed by atoms with Gasteiger partial charge >= 0.3 is 0 Å². The van der Waals surface area contributed by atoms with Crippen molar-refractivity contribution in [3.63, 3.8) is 0 Å². The van der Waals surface area contributed by atoms with Gasteiger partial charge in [0.1, 0.15) is 0 Å². The van der Waals surface area contributed by atoms with Crippen molar-refractivity contribution in [2.24, 2.45) is 0 Å². The molecule has 2 aromatic carbocycles. The number of benzene rings is 2. The molecule has 0 unspecified atom stereocenters. The average molecular weight is 314 g/mol. The van der Waals surface area contributed by atoms with Crippen LogP contribution in [0.15, 0.2) is 53.0 Å². The van der Waals surface area contributed by atoms with Crippen molar-refractivity contribution in [2.45, 2.75) is 0 Å².